The van der Waals surface area contributed by atoms with Gasteiger partial charge in [0.05, 0.1) is 0 Å². The summed E-state index contributed by atoms with van der Waals surface area (Å²) >= 11 is 6.03. The highest BCUT2D eigenvalue weighted by molar-refractivity contribution is 6.58. The molecule has 0 amide bonds. The molecule has 0 N–H and O–H groups in total. The number of unbranched alkanes of at least 4 members (excludes halogenated alkanes) is 2. The molecule has 3 rings (SSSR count). The fourth-order valence-corrected chi connectivity index (χ4v) is 8.95. The van der Waals surface area contributed by atoms with E-state index in [9.17, 15) is 0 Å². The Kier molecular flexibility index (Phi) is 7.28. The molecule has 0 unspecified atom stereocenters. The van der Waals surface area contributed by atoms with Gasteiger partial charge in [-0.3, -0.25) is 0 Å². The molecule has 1 aliphatic carbocycles. The molecule has 1 heterocycles. The summed E-state index contributed by atoms with van der Waals surface area (Å²) in [5.74, 6) is 2.91. The molecular formula is C22H35ClSi. The molecule has 1 aliphatic heterocycles. The molecule has 0 radical (unpaired) electrons. The highest BCUT2D eigenvalue weighted by Crippen LogP contribution is 2.43. The summed E-state index contributed by atoms with van der Waals surface area (Å²) in [6.07, 6.45) is 13.3. The maximum absolute atomic E-state index is 6.03. The standard InChI is InChI=1S/C22H35ClSi/c1-2-3-4-15-24-16-13-21(14-17-24)19-7-5-18(6-8-19)20-9-11-22(23)12-10-20/h9-12,18-19,21,24H,2-8,13-17H2,1H3/t18?,19?,21-,24-. The van der Waals surface area contributed by atoms with Crippen LogP contribution in [-0.2, 0) is 0 Å². The molecule has 0 atom stereocenters. The maximum atomic E-state index is 6.03. The van der Waals surface area contributed by atoms with Gasteiger partial charge < -0.3 is 0 Å². The lowest BCUT2D eigenvalue weighted by Crippen LogP contribution is -2.28. The van der Waals surface area contributed by atoms with E-state index in [2.05, 4.69) is 31.2 Å². The lowest BCUT2D eigenvalue weighted by molar-refractivity contribution is 0.216. The average Bonchev–Trinajstić information content (AvgIpc) is 2.63. The molecule has 2 heteroatoms. The van der Waals surface area contributed by atoms with E-state index in [1.165, 1.54) is 50.5 Å². The molecule has 1 aromatic carbocycles. The van der Waals surface area contributed by atoms with E-state index in [0.29, 0.717) is 0 Å². The largest absolute Gasteiger partial charge is 0.0843 e. The van der Waals surface area contributed by atoms with Crippen LogP contribution in [0, 0.1) is 11.8 Å². The fourth-order valence-electron chi connectivity index (χ4n) is 5.29. The molecule has 1 saturated heterocycles. The Morgan fingerprint density at radius 3 is 2.12 bits per heavy atom. The molecule has 1 aromatic rings. The zero-order chi connectivity index (χ0) is 16.8. The quantitative estimate of drug-likeness (QED) is 0.364. The van der Waals surface area contributed by atoms with E-state index in [1.54, 1.807) is 31.0 Å². The van der Waals surface area contributed by atoms with E-state index in [1.807, 2.05) is 0 Å². The summed E-state index contributed by atoms with van der Waals surface area (Å²) in [5.41, 5.74) is 1.52. The summed E-state index contributed by atoms with van der Waals surface area (Å²) < 4.78 is 0. The van der Waals surface area contributed by atoms with Crippen molar-refractivity contribution in [1.29, 1.82) is 0 Å². The Morgan fingerprint density at radius 1 is 0.875 bits per heavy atom. The molecule has 24 heavy (non-hydrogen) atoms. The van der Waals surface area contributed by atoms with Gasteiger partial charge in [-0.25, -0.2) is 0 Å². The van der Waals surface area contributed by atoms with Gasteiger partial charge >= 0.3 is 0 Å². The van der Waals surface area contributed by atoms with Crippen molar-refractivity contribution in [2.24, 2.45) is 11.8 Å². The smallest absolute Gasteiger partial charge is 0.0406 e. The third-order valence-electron chi connectivity index (χ3n) is 6.89. The second-order valence-corrected chi connectivity index (χ2v) is 12.3. The lowest BCUT2D eigenvalue weighted by Gasteiger charge is -2.37. The zero-order valence-corrected chi connectivity index (χ0v) is 17.4. The van der Waals surface area contributed by atoms with Gasteiger partial charge in [-0.2, -0.15) is 0 Å². The SMILES string of the molecule is CCCCC[Si@H]1CC[C@H](C2CCC(c3ccc(Cl)cc3)CC2)CC1. The van der Waals surface area contributed by atoms with Crippen molar-refractivity contribution in [2.75, 3.05) is 0 Å². The molecule has 0 bridgehead atoms. The minimum atomic E-state index is -0.329. The Bertz CT molecular complexity index is 467. The summed E-state index contributed by atoms with van der Waals surface area (Å²) in [5, 5.41) is 0.868. The Morgan fingerprint density at radius 2 is 1.50 bits per heavy atom. The van der Waals surface area contributed by atoms with Crippen LogP contribution in [-0.4, -0.2) is 8.80 Å². The third-order valence-corrected chi connectivity index (χ3v) is 10.7. The fraction of sp³-hybridized carbons (Fsp3) is 0.727. The normalized spacial score (nSPS) is 31.1. The molecule has 0 aromatic heterocycles. The Balaban J connectivity index is 1.40. The summed E-state index contributed by atoms with van der Waals surface area (Å²) in [6.45, 7) is 2.33. The molecule has 0 spiro atoms. The van der Waals surface area contributed by atoms with E-state index < -0.39 is 0 Å². The van der Waals surface area contributed by atoms with Gasteiger partial charge in [0.2, 0.25) is 0 Å². The predicted octanol–water partition coefficient (Wildman–Crippen LogP) is 7.44. The van der Waals surface area contributed by atoms with Gasteiger partial charge in [-0.15, -0.1) is 0 Å². The first-order valence-corrected chi connectivity index (χ1v) is 13.3. The van der Waals surface area contributed by atoms with Crippen LogP contribution >= 0.6 is 11.6 Å². The molecular weight excluding hydrogens is 328 g/mol. The first kappa shape index (κ1) is 18.5. The maximum Gasteiger partial charge on any atom is 0.0406 e. The number of halogens is 1. The minimum absolute atomic E-state index is 0.329. The van der Waals surface area contributed by atoms with Gasteiger partial charge in [-0.05, 0) is 61.1 Å². The van der Waals surface area contributed by atoms with Crippen molar-refractivity contribution in [1.82, 2.24) is 0 Å². The van der Waals surface area contributed by atoms with Gasteiger partial charge in [0.25, 0.3) is 0 Å². The predicted molar refractivity (Wildman–Crippen MR) is 110 cm³/mol. The minimum Gasteiger partial charge on any atom is -0.0843 e. The van der Waals surface area contributed by atoms with E-state index in [-0.39, 0.29) is 8.80 Å². The number of rotatable bonds is 6. The molecule has 2 aliphatic rings. The van der Waals surface area contributed by atoms with Gasteiger partial charge in [0.15, 0.2) is 0 Å². The third kappa shape index (κ3) is 5.11. The van der Waals surface area contributed by atoms with Crippen LogP contribution in [0.1, 0.15) is 76.2 Å². The molecule has 134 valence electrons. The highest BCUT2D eigenvalue weighted by Gasteiger charge is 2.31. The number of hydrogen-bond donors (Lipinski definition) is 0. The van der Waals surface area contributed by atoms with Crippen LogP contribution in [0.5, 0.6) is 0 Å². The summed E-state index contributed by atoms with van der Waals surface area (Å²) in [6, 6.07) is 13.6. The van der Waals surface area contributed by atoms with Gasteiger partial charge in [-0.1, -0.05) is 80.9 Å². The average molecular weight is 363 g/mol. The first-order valence-electron chi connectivity index (χ1n) is 10.5. The van der Waals surface area contributed by atoms with E-state index in [4.69, 9.17) is 11.6 Å². The van der Waals surface area contributed by atoms with Crippen molar-refractivity contribution in [2.45, 2.75) is 88.8 Å². The second kappa shape index (κ2) is 9.43. The van der Waals surface area contributed by atoms with Crippen LogP contribution in [0.4, 0.5) is 0 Å². The van der Waals surface area contributed by atoms with Crippen LogP contribution in [0.2, 0.25) is 23.2 Å². The van der Waals surface area contributed by atoms with Crippen LogP contribution in [0.25, 0.3) is 0 Å². The molecule has 0 nitrogen and oxygen atoms in total. The Labute approximate surface area is 156 Å². The van der Waals surface area contributed by atoms with Crippen LogP contribution < -0.4 is 0 Å². The summed E-state index contributed by atoms with van der Waals surface area (Å²) in [4.78, 5) is 0. The Hall–Kier alpha value is -0.273. The van der Waals surface area contributed by atoms with Crippen molar-refractivity contribution < 1.29 is 0 Å². The topological polar surface area (TPSA) is 0 Å². The van der Waals surface area contributed by atoms with Crippen molar-refractivity contribution in [3.8, 4) is 0 Å². The monoisotopic (exact) mass is 362 g/mol. The van der Waals surface area contributed by atoms with E-state index >= 15 is 0 Å². The van der Waals surface area contributed by atoms with Crippen molar-refractivity contribution >= 4 is 20.4 Å². The molecule has 2 fully saturated rings. The van der Waals surface area contributed by atoms with E-state index in [0.717, 1.165) is 22.8 Å². The number of hydrogen-bond acceptors (Lipinski definition) is 0. The summed E-state index contributed by atoms with van der Waals surface area (Å²) in [7, 11) is -0.329. The lowest BCUT2D eigenvalue weighted by atomic mass is 9.72. The van der Waals surface area contributed by atoms with Crippen molar-refractivity contribution in [3.05, 3.63) is 34.9 Å². The highest BCUT2D eigenvalue weighted by atomic mass is 35.5. The zero-order valence-electron chi connectivity index (χ0n) is 15.5. The van der Waals surface area contributed by atoms with Gasteiger partial charge in [0, 0.05) is 13.8 Å². The van der Waals surface area contributed by atoms with Crippen molar-refractivity contribution in [3.63, 3.8) is 0 Å². The van der Waals surface area contributed by atoms with Crippen LogP contribution in [0.15, 0.2) is 24.3 Å². The number of benzene rings is 1. The van der Waals surface area contributed by atoms with Crippen LogP contribution in [0.3, 0.4) is 0 Å². The first-order chi connectivity index (χ1) is 11.8. The van der Waals surface area contributed by atoms with Gasteiger partial charge in [0.1, 0.15) is 0 Å². The molecule has 1 saturated carbocycles. The second-order valence-electron chi connectivity index (χ2n) is 8.44.